The van der Waals surface area contributed by atoms with E-state index in [0.717, 1.165) is 5.69 Å². The average Bonchev–Trinajstić information content (AvgIpc) is 3.13. The summed E-state index contributed by atoms with van der Waals surface area (Å²) in [5.41, 5.74) is 5.56. The molecule has 1 aliphatic rings. The molecule has 1 aromatic heterocycles. The minimum absolute atomic E-state index is 0. The zero-order valence-electron chi connectivity index (χ0n) is 28.3. The number of ketones is 2. The third-order valence-corrected chi connectivity index (χ3v) is 9.09. The van der Waals surface area contributed by atoms with Gasteiger partial charge in [0, 0.05) is 41.1 Å². The topological polar surface area (TPSA) is 123 Å². The van der Waals surface area contributed by atoms with Gasteiger partial charge in [0.1, 0.15) is 0 Å². The largest absolute Gasteiger partial charge is 0.392 e. The lowest BCUT2D eigenvalue weighted by molar-refractivity contribution is 0.102. The number of carbonyl (C=O) groups is 2. The van der Waals surface area contributed by atoms with Gasteiger partial charge in [-0.2, -0.15) is 0 Å². The van der Waals surface area contributed by atoms with Crippen LogP contribution >= 0.6 is 0 Å². The minimum atomic E-state index is -3.02. The van der Waals surface area contributed by atoms with Crippen LogP contribution in [0.4, 0.5) is 11.4 Å². The number of pyridine rings is 1. The molecule has 0 bridgehead atoms. The van der Waals surface area contributed by atoms with Crippen molar-refractivity contribution in [3.8, 4) is 11.1 Å². The second-order valence-corrected chi connectivity index (χ2v) is 13.7. The summed E-state index contributed by atoms with van der Waals surface area (Å²) in [6.07, 6.45) is 1.18. The number of anilines is 2. The van der Waals surface area contributed by atoms with E-state index in [1.165, 1.54) is 10.8 Å². The predicted octanol–water partition coefficient (Wildman–Crippen LogP) is 8.11. The molecule has 9 heteroatoms. The van der Waals surface area contributed by atoms with E-state index in [0.29, 0.717) is 55.5 Å². The number of nitrogens with one attached hydrogen (secondary N) is 1. The van der Waals surface area contributed by atoms with E-state index in [9.17, 15) is 22.8 Å². The molecule has 7 rings (SSSR count). The van der Waals surface area contributed by atoms with Gasteiger partial charge in [0.25, 0.3) is 5.56 Å². The Hall–Kier alpha value is -5.64. The first-order valence-corrected chi connectivity index (χ1v) is 18.3. The average molecular weight is 703 g/mol. The summed E-state index contributed by atoms with van der Waals surface area (Å²) in [6.45, 7) is 3.88. The summed E-state index contributed by atoms with van der Waals surface area (Å²) in [4.78, 5) is 41.2. The van der Waals surface area contributed by atoms with Crippen molar-refractivity contribution in [1.29, 1.82) is 0 Å². The smallest absolute Gasteiger partial charge is 0.262 e. The summed E-state index contributed by atoms with van der Waals surface area (Å²) < 4.78 is 23.4. The van der Waals surface area contributed by atoms with Gasteiger partial charge in [0.15, 0.2) is 21.4 Å². The van der Waals surface area contributed by atoms with Gasteiger partial charge in [-0.1, -0.05) is 118 Å². The Bertz CT molecular complexity index is 2370. The number of rotatable bonds is 7. The third-order valence-electron chi connectivity index (χ3n) is 8.25. The third kappa shape index (κ3) is 7.90. The molecule has 5 aromatic carbocycles. The molecule has 262 valence electrons. The number of nitrogens with zero attached hydrogens (tertiary/aromatic N) is 1. The normalized spacial score (nSPS) is 11.2. The van der Waals surface area contributed by atoms with Crippen LogP contribution < -0.4 is 10.9 Å². The Morgan fingerprint density at radius 2 is 1.27 bits per heavy atom. The molecular weight excluding hydrogens is 661 g/mol. The molecule has 1 aliphatic carbocycles. The van der Waals surface area contributed by atoms with Crippen molar-refractivity contribution in [3.05, 3.63) is 165 Å². The maximum absolute atomic E-state index is 13.8. The van der Waals surface area contributed by atoms with Crippen LogP contribution in [0.1, 0.15) is 64.2 Å². The van der Waals surface area contributed by atoms with E-state index < -0.39 is 9.84 Å². The number of aromatic nitrogens is 1. The molecule has 2 N–H and O–H groups in total. The Morgan fingerprint density at radius 1 is 0.725 bits per heavy atom. The number of benzene rings is 5. The summed E-state index contributed by atoms with van der Waals surface area (Å²) in [5.74, 6) is -0.516. The Labute approximate surface area is 299 Å². The highest BCUT2D eigenvalue weighted by Crippen LogP contribution is 2.44. The zero-order valence-corrected chi connectivity index (χ0v) is 29.1. The van der Waals surface area contributed by atoms with Gasteiger partial charge >= 0.3 is 0 Å². The van der Waals surface area contributed by atoms with Gasteiger partial charge < -0.3 is 15.0 Å². The van der Waals surface area contributed by atoms with E-state index in [1.807, 2.05) is 74.5 Å². The van der Waals surface area contributed by atoms with Crippen molar-refractivity contribution in [2.75, 3.05) is 11.6 Å². The highest BCUT2D eigenvalue weighted by Gasteiger charge is 2.33. The first-order chi connectivity index (χ1) is 24.1. The molecule has 0 saturated heterocycles. The summed E-state index contributed by atoms with van der Waals surface area (Å²) in [6, 6.07) is 36.2. The maximum atomic E-state index is 13.8. The number of aliphatic hydroxyl groups is 1. The van der Waals surface area contributed by atoms with Crippen LogP contribution in [-0.4, -0.2) is 35.9 Å². The highest BCUT2D eigenvalue weighted by atomic mass is 32.2. The summed E-state index contributed by atoms with van der Waals surface area (Å²) in [7, 11) is -1.38. The molecule has 0 unspecified atom stereocenters. The van der Waals surface area contributed by atoms with Crippen LogP contribution in [0.25, 0.3) is 22.0 Å². The van der Waals surface area contributed by atoms with Crippen molar-refractivity contribution in [2.45, 2.75) is 33.6 Å². The molecule has 0 radical (unpaired) electrons. The van der Waals surface area contributed by atoms with Crippen molar-refractivity contribution >= 4 is 43.7 Å². The molecule has 0 atom stereocenters. The van der Waals surface area contributed by atoms with Gasteiger partial charge in [-0.15, -0.1) is 0 Å². The van der Waals surface area contributed by atoms with Crippen LogP contribution in [0.2, 0.25) is 0 Å². The number of para-hydroxylation sites is 1. The standard InChI is InChI=1S/C30H20N2O3.C9H12O3S.C2H6.CH4/c1-32-23-17-16-22(31-19-12-6-3-7-13-19)25-26(23)24(20-14-8-9-15-21(20)29(25)34)27(30(32)35)28(33)18-10-4-2-5-11-18;1-13(11,12)7-9-5-3-2-4-8(9)6-10;1-2;/h2-17,31H,1H3;2-5,10H,6-7H2,1H3;1-2H3;1H4. The lowest BCUT2D eigenvalue weighted by Crippen LogP contribution is -2.29. The first-order valence-electron chi connectivity index (χ1n) is 16.2. The molecule has 6 aromatic rings. The quantitative estimate of drug-likeness (QED) is 0.161. The minimum Gasteiger partial charge on any atom is -0.392 e. The fraction of sp³-hybridized carbons (Fsp3) is 0.167. The Balaban J connectivity index is 0.000000309. The molecule has 0 saturated carbocycles. The molecule has 0 fully saturated rings. The van der Waals surface area contributed by atoms with Crippen LogP contribution in [0, 0.1) is 0 Å². The summed E-state index contributed by atoms with van der Waals surface area (Å²) >= 11 is 0. The van der Waals surface area contributed by atoms with Crippen molar-refractivity contribution in [2.24, 2.45) is 7.05 Å². The van der Waals surface area contributed by atoms with Gasteiger partial charge in [-0.25, -0.2) is 8.42 Å². The van der Waals surface area contributed by atoms with Crippen LogP contribution in [0.5, 0.6) is 0 Å². The lowest BCUT2D eigenvalue weighted by atomic mass is 9.80. The fourth-order valence-electron chi connectivity index (χ4n) is 6.03. The van der Waals surface area contributed by atoms with E-state index in [2.05, 4.69) is 5.32 Å². The number of carbonyl (C=O) groups excluding carboxylic acids is 2. The first kappa shape index (κ1) is 38.2. The Kier molecular flexibility index (Phi) is 12.3. The highest BCUT2D eigenvalue weighted by molar-refractivity contribution is 7.89. The van der Waals surface area contributed by atoms with Crippen molar-refractivity contribution in [1.82, 2.24) is 4.57 Å². The van der Waals surface area contributed by atoms with Crippen molar-refractivity contribution < 1.29 is 23.1 Å². The molecule has 0 amide bonds. The lowest BCUT2D eigenvalue weighted by Gasteiger charge is -2.25. The number of aryl methyl sites for hydroxylation is 1. The second-order valence-electron chi connectivity index (χ2n) is 11.6. The molecule has 8 nitrogen and oxygen atoms in total. The van der Waals surface area contributed by atoms with Crippen LogP contribution in [0.15, 0.2) is 126 Å². The second kappa shape index (κ2) is 16.4. The molecular formula is C42H42N2O6S. The maximum Gasteiger partial charge on any atom is 0.262 e. The monoisotopic (exact) mass is 702 g/mol. The van der Waals surface area contributed by atoms with Gasteiger partial charge in [-0.3, -0.25) is 14.4 Å². The van der Waals surface area contributed by atoms with E-state index in [-0.39, 0.29) is 42.5 Å². The molecule has 0 aliphatic heterocycles. The van der Waals surface area contributed by atoms with Gasteiger partial charge in [0.05, 0.1) is 34.7 Å². The zero-order chi connectivity index (χ0) is 36.0. The van der Waals surface area contributed by atoms with Gasteiger partial charge in [0.2, 0.25) is 0 Å². The van der Waals surface area contributed by atoms with E-state index in [1.54, 1.807) is 67.7 Å². The Morgan fingerprint density at radius 3 is 1.88 bits per heavy atom. The van der Waals surface area contributed by atoms with Crippen molar-refractivity contribution in [3.63, 3.8) is 0 Å². The summed E-state index contributed by atoms with van der Waals surface area (Å²) in [5, 5.41) is 12.9. The van der Waals surface area contributed by atoms with Gasteiger partial charge in [-0.05, 0) is 41.0 Å². The van der Waals surface area contributed by atoms with Crippen LogP contribution in [-0.2, 0) is 29.2 Å². The predicted molar refractivity (Wildman–Crippen MR) is 207 cm³/mol. The molecule has 0 spiro atoms. The van der Waals surface area contributed by atoms with E-state index in [4.69, 9.17) is 5.11 Å². The molecule has 1 heterocycles. The van der Waals surface area contributed by atoms with Crippen LogP contribution in [0.3, 0.4) is 0 Å². The fourth-order valence-corrected chi connectivity index (χ4v) is 6.88. The van der Waals surface area contributed by atoms with E-state index >= 15 is 0 Å². The molecule has 51 heavy (non-hydrogen) atoms. The number of aliphatic hydroxyl groups excluding tert-OH is 1. The number of fused-ring (bicyclic) bond motifs is 2. The number of hydrogen-bond donors (Lipinski definition) is 2. The number of sulfone groups is 1. The number of hydrogen-bond acceptors (Lipinski definition) is 7. The SMILES string of the molecule is C.CC.CS(=O)(=O)Cc1ccccc1CO.Cn1c(=O)c(C(=O)c2ccccc2)c2c3c(c(Nc4ccccc4)ccc31)C(=O)c1ccccc1-2.